The summed E-state index contributed by atoms with van der Waals surface area (Å²) in [5, 5.41) is 10.7. The number of hydrogen-bond donors (Lipinski definition) is 2. The molecule has 4 rings (SSSR count). The predicted molar refractivity (Wildman–Crippen MR) is 112 cm³/mol. The summed E-state index contributed by atoms with van der Waals surface area (Å²) in [7, 11) is 0. The van der Waals surface area contributed by atoms with E-state index < -0.39 is 36.0 Å². The smallest absolute Gasteiger partial charge is 0.396 e. The number of nitrogens with one attached hydrogen (secondary N) is 1. The number of aliphatic hydroxyl groups excluding tert-OH is 1. The lowest BCUT2D eigenvalue weighted by molar-refractivity contribution is -0.155. The highest BCUT2D eigenvalue weighted by Crippen LogP contribution is 2.41. The van der Waals surface area contributed by atoms with Crippen LogP contribution in [0.4, 0.5) is 32.3 Å². The minimum atomic E-state index is -5.18. The summed E-state index contributed by atoms with van der Waals surface area (Å²) in [4.78, 5) is 14.0. The molecule has 0 fully saturated rings. The number of rotatable bonds is 5. The van der Waals surface area contributed by atoms with Gasteiger partial charge < -0.3 is 15.0 Å². The van der Waals surface area contributed by atoms with Gasteiger partial charge in [0.2, 0.25) is 17.6 Å². The van der Waals surface area contributed by atoms with Gasteiger partial charge in [-0.1, -0.05) is 18.5 Å². The van der Waals surface area contributed by atoms with Gasteiger partial charge in [0, 0.05) is 34.8 Å². The Balaban J connectivity index is 1.86. The van der Waals surface area contributed by atoms with Crippen LogP contribution >= 0.6 is 11.6 Å². The van der Waals surface area contributed by atoms with E-state index in [0.717, 1.165) is 16.5 Å². The van der Waals surface area contributed by atoms with Crippen molar-refractivity contribution in [3.63, 3.8) is 0 Å². The summed E-state index contributed by atoms with van der Waals surface area (Å²) in [6.07, 6.45) is -9.30. The fraction of sp³-hybridized carbons (Fsp3) is 0.476. The minimum absolute atomic E-state index is 0.0849. The molecule has 3 aromatic rings. The van der Waals surface area contributed by atoms with E-state index in [2.05, 4.69) is 19.9 Å². The average molecular weight is 508 g/mol. The Morgan fingerprint density at radius 1 is 1.12 bits per heavy atom. The van der Waals surface area contributed by atoms with Gasteiger partial charge in [0.25, 0.3) is 0 Å². The van der Waals surface area contributed by atoms with Crippen LogP contribution in [0, 0.1) is 5.92 Å². The molecule has 2 aromatic heterocycles. The van der Waals surface area contributed by atoms with Gasteiger partial charge in [-0.3, -0.25) is 0 Å². The zero-order chi connectivity index (χ0) is 24.8. The fourth-order valence-corrected chi connectivity index (χ4v) is 4.46. The Morgan fingerprint density at radius 3 is 2.35 bits per heavy atom. The predicted octanol–water partition coefficient (Wildman–Crippen LogP) is 5.56. The van der Waals surface area contributed by atoms with E-state index in [4.69, 9.17) is 11.6 Å². The van der Waals surface area contributed by atoms with Gasteiger partial charge in [0.15, 0.2) is 0 Å². The van der Waals surface area contributed by atoms with E-state index in [9.17, 15) is 31.4 Å². The second kappa shape index (κ2) is 8.88. The zero-order valence-electron chi connectivity index (χ0n) is 17.8. The Morgan fingerprint density at radius 2 is 1.76 bits per heavy atom. The molecule has 2 atom stereocenters. The molecule has 0 saturated heterocycles. The van der Waals surface area contributed by atoms with Gasteiger partial charge in [-0.15, -0.1) is 0 Å². The summed E-state index contributed by atoms with van der Waals surface area (Å²) in [5.41, 5.74) is 2.28. The highest BCUT2D eigenvalue weighted by molar-refractivity contribution is 6.31. The van der Waals surface area contributed by atoms with Crippen LogP contribution < -0.4 is 4.90 Å². The number of aromatic nitrogens is 4. The topological polar surface area (TPSA) is 77.9 Å². The van der Waals surface area contributed by atoms with Crippen molar-refractivity contribution >= 4 is 28.5 Å². The third-order valence-corrected chi connectivity index (χ3v) is 6.08. The maximum atomic E-state index is 13.3. The SMILES string of the molecule is C[C@@H](CCO)C[C@H]1c2[nH]c3ccc(Cl)cc3c2CCN1c1nc(C(F)(F)F)nc(C(F)(F)F)n1. The van der Waals surface area contributed by atoms with Crippen molar-refractivity contribution in [2.75, 3.05) is 18.1 Å². The number of alkyl halides is 6. The summed E-state index contributed by atoms with van der Waals surface area (Å²) in [6, 6.07) is 4.56. The molecule has 13 heteroatoms. The zero-order valence-corrected chi connectivity index (χ0v) is 18.6. The second-order valence-electron chi connectivity index (χ2n) is 8.30. The van der Waals surface area contributed by atoms with Crippen LogP contribution in [0.3, 0.4) is 0 Å². The first-order chi connectivity index (χ1) is 15.9. The van der Waals surface area contributed by atoms with Gasteiger partial charge in [-0.05, 0) is 48.9 Å². The highest BCUT2D eigenvalue weighted by atomic mass is 35.5. The summed E-state index contributed by atoms with van der Waals surface area (Å²) < 4.78 is 80.1. The molecule has 6 nitrogen and oxygen atoms in total. The van der Waals surface area contributed by atoms with E-state index in [0.29, 0.717) is 30.0 Å². The van der Waals surface area contributed by atoms with Crippen molar-refractivity contribution in [1.29, 1.82) is 0 Å². The first-order valence-electron chi connectivity index (χ1n) is 10.5. The largest absolute Gasteiger partial charge is 0.451 e. The number of fused-ring (bicyclic) bond motifs is 3. The lowest BCUT2D eigenvalue weighted by Crippen LogP contribution is -2.38. The van der Waals surface area contributed by atoms with E-state index in [1.54, 1.807) is 18.2 Å². The molecule has 1 aromatic carbocycles. The van der Waals surface area contributed by atoms with Crippen LogP contribution in [-0.2, 0) is 18.8 Å². The van der Waals surface area contributed by atoms with Gasteiger partial charge >= 0.3 is 12.4 Å². The third kappa shape index (κ3) is 4.78. The quantitative estimate of drug-likeness (QED) is 0.442. The van der Waals surface area contributed by atoms with Crippen molar-refractivity contribution in [3.8, 4) is 0 Å². The van der Waals surface area contributed by atoms with Crippen LogP contribution in [0.2, 0.25) is 5.02 Å². The Hall–Kier alpha value is -2.60. The van der Waals surface area contributed by atoms with Crippen molar-refractivity contribution in [2.24, 2.45) is 5.92 Å². The van der Waals surface area contributed by atoms with Crippen molar-refractivity contribution in [3.05, 3.63) is 46.1 Å². The van der Waals surface area contributed by atoms with Gasteiger partial charge in [0.05, 0.1) is 6.04 Å². The van der Waals surface area contributed by atoms with Crippen LogP contribution in [-0.4, -0.2) is 38.2 Å². The molecule has 1 aliphatic heterocycles. The Labute approximate surface area is 195 Å². The lowest BCUT2D eigenvalue weighted by atomic mass is 9.90. The van der Waals surface area contributed by atoms with Crippen LogP contribution in [0.5, 0.6) is 0 Å². The normalized spacial score (nSPS) is 17.8. The molecular formula is C21H20ClF6N5O. The summed E-state index contributed by atoms with van der Waals surface area (Å²) >= 11 is 6.13. The van der Waals surface area contributed by atoms with E-state index in [1.165, 1.54) is 4.90 Å². The number of nitrogens with zero attached hydrogens (tertiary/aromatic N) is 4. The van der Waals surface area contributed by atoms with Crippen LogP contribution in [0.15, 0.2) is 18.2 Å². The van der Waals surface area contributed by atoms with Gasteiger partial charge in [-0.25, -0.2) is 4.98 Å². The molecule has 184 valence electrons. The molecule has 0 aliphatic carbocycles. The number of halogens is 7. The van der Waals surface area contributed by atoms with E-state index >= 15 is 0 Å². The first-order valence-corrected chi connectivity index (χ1v) is 10.8. The number of anilines is 1. The standard InChI is InChI=1S/C21H20ClF6N5O/c1-10(5-7-34)8-15-16-12(13-9-11(22)2-3-14(13)29-16)4-6-33(15)19-31-17(20(23,24)25)30-18(32-19)21(26,27)28/h2-3,9-10,15,29,34H,4-8H2,1H3/t10-,15-/m0/s1. The van der Waals surface area contributed by atoms with E-state index in [-0.39, 0.29) is 19.1 Å². The maximum Gasteiger partial charge on any atom is 0.451 e. The summed E-state index contributed by atoms with van der Waals surface area (Å²) in [5.74, 6) is -4.59. The minimum Gasteiger partial charge on any atom is -0.396 e. The molecule has 3 heterocycles. The molecule has 34 heavy (non-hydrogen) atoms. The van der Waals surface area contributed by atoms with Gasteiger partial charge in [-0.2, -0.15) is 36.3 Å². The lowest BCUT2D eigenvalue weighted by Gasteiger charge is -2.37. The molecule has 0 bridgehead atoms. The number of benzene rings is 1. The molecule has 2 N–H and O–H groups in total. The first kappa shape index (κ1) is 24.5. The van der Waals surface area contributed by atoms with E-state index in [1.807, 2.05) is 6.92 Å². The number of hydrogen-bond acceptors (Lipinski definition) is 5. The van der Waals surface area contributed by atoms with Crippen molar-refractivity contribution in [1.82, 2.24) is 19.9 Å². The molecule has 0 saturated carbocycles. The van der Waals surface area contributed by atoms with Crippen molar-refractivity contribution < 1.29 is 31.4 Å². The second-order valence-corrected chi connectivity index (χ2v) is 8.73. The molecule has 1 aliphatic rings. The van der Waals surface area contributed by atoms with Crippen molar-refractivity contribution in [2.45, 2.75) is 44.6 Å². The number of H-pyrrole nitrogens is 1. The fourth-order valence-electron chi connectivity index (χ4n) is 4.29. The Bertz CT molecular complexity index is 1160. The molecule has 0 radical (unpaired) electrons. The molecule has 0 unspecified atom stereocenters. The highest BCUT2D eigenvalue weighted by Gasteiger charge is 2.43. The molecule has 0 amide bonds. The summed E-state index contributed by atoms with van der Waals surface area (Å²) in [6.45, 7) is 1.82. The Kier molecular flexibility index (Phi) is 6.40. The average Bonchev–Trinajstić information content (AvgIpc) is 3.11. The van der Waals surface area contributed by atoms with Crippen LogP contribution in [0.25, 0.3) is 10.9 Å². The monoisotopic (exact) mass is 507 g/mol. The van der Waals surface area contributed by atoms with Crippen LogP contribution in [0.1, 0.15) is 48.7 Å². The number of aliphatic hydroxyl groups is 1. The third-order valence-electron chi connectivity index (χ3n) is 5.85. The molecule has 0 spiro atoms. The van der Waals surface area contributed by atoms with Gasteiger partial charge in [0.1, 0.15) is 0 Å². The maximum absolute atomic E-state index is 13.3. The molecular weight excluding hydrogens is 488 g/mol. The number of aromatic amines is 1.